The molecule has 0 radical (unpaired) electrons. The average molecular weight is 489 g/mol. The molecule has 0 aromatic carbocycles. The maximum absolute atomic E-state index is 12.5. The van der Waals surface area contributed by atoms with Crippen LogP contribution in [0.5, 0.6) is 0 Å². The number of carboxylic acids is 1. The predicted molar refractivity (Wildman–Crippen MR) is 137 cm³/mol. The molecular formula is C30H48O5. The number of aliphatic carboxylic acids is 1. The summed E-state index contributed by atoms with van der Waals surface area (Å²) in [6.07, 6.45) is 5.86. The second-order valence-corrected chi connectivity index (χ2v) is 14.0. The molecule has 0 aromatic rings. The molecule has 8 atom stereocenters. The molecule has 5 nitrogen and oxygen atoms in total. The van der Waals surface area contributed by atoms with Crippen LogP contribution in [0.25, 0.3) is 0 Å². The number of ketones is 1. The van der Waals surface area contributed by atoms with Gasteiger partial charge >= 0.3 is 5.97 Å². The lowest BCUT2D eigenvalue weighted by Crippen LogP contribution is -2.55. The summed E-state index contributed by atoms with van der Waals surface area (Å²) in [6, 6.07) is 0. The molecule has 0 bridgehead atoms. The molecule has 198 valence electrons. The molecule has 5 heteroatoms. The Morgan fingerprint density at radius 2 is 1.63 bits per heavy atom. The van der Waals surface area contributed by atoms with Crippen LogP contribution in [0.15, 0.2) is 11.1 Å². The van der Waals surface area contributed by atoms with Crippen molar-refractivity contribution >= 4 is 11.8 Å². The highest BCUT2D eigenvalue weighted by Crippen LogP contribution is 2.72. The first kappa shape index (κ1) is 26.9. The van der Waals surface area contributed by atoms with Gasteiger partial charge in [-0.15, -0.1) is 0 Å². The molecule has 2 saturated carbocycles. The van der Waals surface area contributed by atoms with Crippen LogP contribution in [0, 0.1) is 45.3 Å². The van der Waals surface area contributed by atoms with E-state index in [1.165, 1.54) is 5.57 Å². The summed E-state index contributed by atoms with van der Waals surface area (Å²) in [5, 5.41) is 32.5. The minimum atomic E-state index is -0.880. The van der Waals surface area contributed by atoms with Crippen molar-refractivity contribution in [1.29, 1.82) is 0 Å². The number of aliphatic hydroxyl groups is 2. The van der Waals surface area contributed by atoms with Gasteiger partial charge in [0, 0.05) is 18.3 Å². The third kappa shape index (κ3) is 3.77. The Bertz CT molecular complexity index is 918. The van der Waals surface area contributed by atoms with Gasteiger partial charge in [0.2, 0.25) is 0 Å². The van der Waals surface area contributed by atoms with Crippen molar-refractivity contribution in [3.8, 4) is 0 Å². The van der Waals surface area contributed by atoms with E-state index in [2.05, 4.69) is 34.6 Å². The van der Waals surface area contributed by atoms with Crippen molar-refractivity contribution in [1.82, 2.24) is 0 Å². The number of carbonyl (C=O) groups is 2. The van der Waals surface area contributed by atoms with Crippen LogP contribution in [-0.4, -0.2) is 39.3 Å². The van der Waals surface area contributed by atoms with E-state index in [1.807, 2.05) is 13.8 Å². The largest absolute Gasteiger partial charge is 0.481 e. The van der Waals surface area contributed by atoms with Gasteiger partial charge in [-0.2, -0.15) is 0 Å². The Hall–Kier alpha value is -1.20. The van der Waals surface area contributed by atoms with E-state index < -0.39 is 18.0 Å². The highest BCUT2D eigenvalue weighted by molar-refractivity contribution is 5.81. The van der Waals surface area contributed by atoms with Crippen molar-refractivity contribution in [2.24, 2.45) is 45.3 Å². The zero-order valence-corrected chi connectivity index (χ0v) is 23.0. The molecule has 3 N–H and O–H groups in total. The van der Waals surface area contributed by atoms with E-state index in [0.29, 0.717) is 18.8 Å². The van der Waals surface area contributed by atoms with E-state index in [0.717, 1.165) is 38.5 Å². The molecule has 0 amide bonds. The lowest BCUT2D eigenvalue weighted by molar-refractivity contribution is -0.149. The zero-order valence-electron chi connectivity index (χ0n) is 23.0. The maximum Gasteiger partial charge on any atom is 0.306 e. The summed E-state index contributed by atoms with van der Waals surface area (Å²) < 4.78 is 0. The molecule has 0 saturated heterocycles. The Morgan fingerprint density at radius 3 is 2.23 bits per heavy atom. The molecule has 2 fully saturated rings. The van der Waals surface area contributed by atoms with E-state index in [1.54, 1.807) is 5.57 Å². The second-order valence-electron chi connectivity index (χ2n) is 14.0. The van der Waals surface area contributed by atoms with Crippen LogP contribution >= 0.6 is 0 Å². The van der Waals surface area contributed by atoms with Gasteiger partial charge in [0.1, 0.15) is 5.78 Å². The smallest absolute Gasteiger partial charge is 0.306 e. The SMILES string of the molecule is CC(C)C(=O)CC[C@@H](C(=O)O)[C@H]1[C@H](O)C[C@@]2(C)C3=C(CC[C@]12C)[C@@]1(C)CC[C@H](O)C(C)(C)[C@@H]1CC3. The van der Waals surface area contributed by atoms with E-state index in [4.69, 9.17) is 0 Å². The molecule has 4 rings (SSSR count). The van der Waals surface area contributed by atoms with Gasteiger partial charge in [-0.05, 0) is 78.9 Å². The number of rotatable bonds is 6. The minimum absolute atomic E-state index is 0.0551. The first-order valence-electron chi connectivity index (χ1n) is 14.0. The molecule has 0 heterocycles. The average Bonchev–Trinajstić information content (AvgIpc) is 2.97. The normalized spacial score (nSPS) is 43.4. The molecule has 0 unspecified atom stereocenters. The van der Waals surface area contributed by atoms with Crippen LogP contribution in [0.3, 0.4) is 0 Å². The lowest BCUT2D eigenvalue weighted by Gasteiger charge is -2.62. The first-order valence-corrected chi connectivity index (χ1v) is 14.0. The van der Waals surface area contributed by atoms with Crippen LogP contribution in [0.1, 0.15) is 106 Å². The summed E-state index contributed by atoms with van der Waals surface area (Å²) in [7, 11) is 0. The van der Waals surface area contributed by atoms with Gasteiger partial charge in [-0.3, -0.25) is 9.59 Å². The number of hydrogen-bond acceptors (Lipinski definition) is 4. The summed E-state index contributed by atoms with van der Waals surface area (Å²) >= 11 is 0. The van der Waals surface area contributed by atoms with Gasteiger partial charge < -0.3 is 15.3 Å². The number of carboxylic acid groups (broad SMARTS) is 1. The number of aliphatic hydroxyl groups excluding tert-OH is 2. The Labute approximate surface area is 211 Å². The molecule has 0 spiro atoms. The third-order valence-corrected chi connectivity index (χ3v) is 11.9. The van der Waals surface area contributed by atoms with Crippen molar-refractivity contribution in [3.05, 3.63) is 11.1 Å². The zero-order chi connectivity index (χ0) is 26.1. The predicted octanol–water partition coefficient (Wildman–Crippen LogP) is 5.77. The van der Waals surface area contributed by atoms with Gasteiger partial charge in [0.05, 0.1) is 18.1 Å². The van der Waals surface area contributed by atoms with E-state index >= 15 is 0 Å². The number of allylic oxidation sites excluding steroid dienone is 2. The van der Waals surface area contributed by atoms with Crippen molar-refractivity contribution in [2.75, 3.05) is 0 Å². The fourth-order valence-corrected chi connectivity index (χ4v) is 9.54. The summed E-state index contributed by atoms with van der Waals surface area (Å²) in [5.74, 6) is -1.52. The Kier molecular flexibility index (Phi) is 6.66. The van der Waals surface area contributed by atoms with E-state index in [9.17, 15) is 24.9 Å². The minimum Gasteiger partial charge on any atom is -0.481 e. The lowest BCUT2D eigenvalue weighted by atomic mass is 9.43. The number of hydrogen-bond donors (Lipinski definition) is 3. The van der Waals surface area contributed by atoms with Crippen molar-refractivity contribution in [3.63, 3.8) is 0 Å². The quantitative estimate of drug-likeness (QED) is 0.412. The molecule has 4 aliphatic carbocycles. The van der Waals surface area contributed by atoms with Gasteiger partial charge in [-0.1, -0.05) is 59.6 Å². The van der Waals surface area contributed by atoms with Crippen LogP contribution in [0.4, 0.5) is 0 Å². The summed E-state index contributed by atoms with van der Waals surface area (Å²) in [5.41, 5.74) is 2.39. The molecule has 4 aliphatic rings. The fraction of sp³-hybridized carbons (Fsp3) is 0.867. The highest BCUT2D eigenvalue weighted by Gasteiger charge is 2.66. The second kappa shape index (κ2) is 8.68. The molecular weight excluding hydrogens is 440 g/mol. The van der Waals surface area contributed by atoms with Crippen LogP contribution in [0.2, 0.25) is 0 Å². The number of Topliss-reactive ketones (excluding diaryl/α,β-unsaturated/α-hetero) is 1. The highest BCUT2D eigenvalue weighted by atomic mass is 16.4. The van der Waals surface area contributed by atoms with Crippen molar-refractivity contribution in [2.45, 2.75) is 118 Å². The molecule has 0 aliphatic heterocycles. The number of fused-ring (bicyclic) bond motifs is 4. The number of carbonyl (C=O) groups excluding carboxylic acids is 1. The molecule has 35 heavy (non-hydrogen) atoms. The monoisotopic (exact) mass is 488 g/mol. The maximum atomic E-state index is 12.5. The van der Waals surface area contributed by atoms with Gasteiger partial charge in [-0.25, -0.2) is 0 Å². The van der Waals surface area contributed by atoms with E-state index in [-0.39, 0.29) is 51.8 Å². The Balaban J connectivity index is 1.71. The van der Waals surface area contributed by atoms with Crippen LogP contribution in [-0.2, 0) is 9.59 Å². The van der Waals surface area contributed by atoms with Gasteiger partial charge in [0.15, 0.2) is 0 Å². The summed E-state index contributed by atoms with van der Waals surface area (Å²) in [4.78, 5) is 24.8. The Morgan fingerprint density at radius 1 is 0.971 bits per heavy atom. The first-order chi connectivity index (χ1) is 16.1. The summed E-state index contributed by atoms with van der Waals surface area (Å²) in [6.45, 7) is 15.1. The van der Waals surface area contributed by atoms with Gasteiger partial charge in [0.25, 0.3) is 0 Å². The topological polar surface area (TPSA) is 94.8 Å². The standard InChI is InChI=1S/C30H48O5/c1-17(2)21(31)10-8-18(26(34)35)25-22(32)16-30(7)20-9-11-23-27(3,4)24(33)13-14-28(23,5)19(20)12-15-29(25,30)6/h17-18,22-25,32-33H,8-16H2,1-7H3,(H,34,35)/t18-,22-,23+,24+,25+,28-,29-,30+/m1/s1. The van der Waals surface area contributed by atoms with Crippen molar-refractivity contribution < 1.29 is 24.9 Å². The fourth-order valence-electron chi connectivity index (χ4n) is 9.54. The van der Waals surface area contributed by atoms with Crippen LogP contribution < -0.4 is 0 Å². The molecule has 0 aromatic heterocycles. The third-order valence-electron chi connectivity index (χ3n) is 11.9.